The first-order valence-electron chi connectivity index (χ1n) is 15.6. The number of benzene rings is 3. The molecule has 0 radical (unpaired) electrons. The highest BCUT2D eigenvalue weighted by Crippen LogP contribution is 2.43. The summed E-state index contributed by atoms with van der Waals surface area (Å²) in [7, 11) is 0. The average molecular weight is 612 g/mol. The number of anilines is 2. The second-order valence-corrected chi connectivity index (χ2v) is 12.1. The Kier molecular flexibility index (Phi) is 8.53. The number of para-hydroxylation sites is 1. The predicted octanol–water partition coefficient (Wildman–Crippen LogP) is 6.70. The summed E-state index contributed by atoms with van der Waals surface area (Å²) in [5, 5.41) is 9.87. The molecule has 3 aliphatic rings. The number of carbonyl (C=O) groups is 2. The van der Waals surface area contributed by atoms with E-state index in [1.54, 1.807) is 29.2 Å². The van der Waals surface area contributed by atoms with E-state index in [9.17, 15) is 14.9 Å². The predicted molar refractivity (Wildman–Crippen MR) is 173 cm³/mol. The molecular formula is C35H38ClN5O3. The normalized spacial score (nSPS) is 18.4. The molecule has 0 aromatic heterocycles. The maximum Gasteiger partial charge on any atom is 0.332 e. The van der Waals surface area contributed by atoms with Crippen LogP contribution >= 0.6 is 11.6 Å². The number of likely N-dealkylation sites (N-methyl/N-ethyl adjacent to an activating group) is 1. The van der Waals surface area contributed by atoms with Gasteiger partial charge >= 0.3 is 6.03 Å². The summed E-state index contributed by atoms with van der Waals surface area (Å²) >= 11 is 6.80. The van der Waals surface area contributed by atoms with E-state index < -0.39 is 5.54 Å². The van der Waals surface area contributed by atoms with Crippen molar-refractivity contribution in [2.75, 3.05) is 49.1 Å². The van der Waals surface area contributed by atoms with Gasteiger partial charge in [-0.1, -0.05) is 41.9 Å². The zero-order valence-corrected chi connectivity index (χ0v) is 26.1. The first-order chi connectivity index (χ1) is 21.4. The van der Waals surface area contributed by atoms with Gasteiger partial charge in [0.15, 0.2) is 0 Å². The Balaban J connectivity index is 1.19. The number of urea groups is 1. The van der Waals surface area contributed by atoms with E-state index in [1.807, 2.05) is 26.0 Å². The van der Waals surface area contributed by atoms with Gasteiger partial charge in [-0.3, -0.25) is 9.69 Å². The molecule has 228 valence electrons. The SMILES string of the molecule is CCOc1c(C#N)cccc1-c1ccc(N2C(=O)N(CC)C3(CCN(Cc4ccc(N5CCCC5)cc4)CC3)C2=O)c(Cl)c1. The standard InChI is InChI=1S/C35H38ClN5O3/c1-3-40-34(43)41(31-15-12-26(22-30(31)36)29-9-7-8-27(23-37)32(29)44-4-2)33(42)35(40)16-20-38(21-17-35)24-25-10-13-28(14-11-25)39-18-5-6-19-39/h7-15,22H,3-6,16-21,24H2,1-2H3. The fourth-order valence-corrected chi connectivity index (χ4v) is 7.25. The summed E-state index contributed by atoms with van der Waals surface area (Å²) in [4.78, 5) is 35.7. The minimum absolute atomic E-state index is 0.213. The second kappa shape index (κ2) is 12.5. The maximum atomic E-state index is 14.1. The van der Waals surface area contributed by atoms with E-state index in [2.05, 4.69) is 40.1 Å². The van der Waals surface area contributed by atoms with E-state index in [0.717, 1.165) is 43.9 Å². The quantitative estimate of drug-likeness (QED) is 0.264. The van der Waals surface area contributed by atoms with Crippen molar-refractivity contribution in [2.45, 2.75) is 51.6 Å². The van der Waals surface area contributed by atoms with Crippen LogP contribution in [0.4, 0.5) is 16.2 Å². The lowest BCUT2D eigenvalue weighted by atomic mass is 9.85. The highest BCUT2D eigenvalue weighted by molar-refractivity contribution is 6.36. The summed E-state index contributed by atoms with van der Waals surface area (Å²) in [5.41, 5.74) is 3.93. The summed E-state index contributed by atoms with van der Waals surface area (Å²) in [6, 6.07) is 21.3. The van der Waals surface area contributed by atoms with Gasteiger partial charge in [0.1, 0.15) is 17.4 Å². The molecule has 3 aromatic carbocycles. The number of rotatable bonds is 8. The number of nitriles is 1. The fourth-order valence-electron chi connectivity index (χ4n) is 6.98. The Morgan fingerprint density at radius 2 is 1.68 bits per heavy atom. The number of likely N-dealkylation sites (tertiary alicyclic amines) is 1. The molecule has 8 nitrogen and oxygen atoms in total. The van der Waals surface area contributed by atoms with Gasteiger partial charge < -0.3 is 14.5 Å². The second-order valence-electron chi connectivity index (χ2n) is 11.7. The summed E-state index contributed by atoms with van der Waals surface area (Å²) < 4.78 is 5.80. The van der Waals surface area contributed by atoms with Crippen LogP contribution in [0, 0.1) is 11.3 Å². The monoisotopic (exact) mass is 611 g/mol. The van der Waals surface area contributed by atoms with Crippen LogP contribution in [0.15, 0.2) is 60.7 Å². The zero-order valence-electron chi connectivity index (χ0n) is 25.4. The summed E-state index contributed by atoms with van der Waals surface area (Å²) in [6.45, 7) is 9.16. The third-order valence-corrected chi connectivity index (χ3v) is 9.58. The van der Waals surface area contributed by atoms with Crippen LogP contribution in [0.2, 0.25) is 5.02 Å². The smallest absolute Gasteiger partial charge is 0.332 e. The Morgan fingerprint density at radius 3 is 2.32 bits per heavy atom. The number of imide groups is 1. The Labute approximate surface area is 264 Å². The van der Waals surface area contributed by atoms with Crippen molar-refractivity contribution in [3.8, 4) is 22.9 Å². The molecule has 0 aliphatic carbocycles. The van der Waals surface area contributed by atoms with Crippen LogP contribution in [0.25, 0.3) is 11.1 Å². The highest BCUT2D eigenvalue weighted by Gasteiger charge is 2.58. The third-order valence-electron chi connectivity index (χ3n) is 9.28. The van der Waals surface area contributed by atoms with Crippen molar-refractivity contribution < 1.29 is 14.3 Å². The number of hydrogen-bond donors (Lipinski definition) is 0. The van der Waals surface area contributed by atoms with Gasteiger partial charge in [0, 0.05) is 50.5 Å². The van der Waals surface area contributed by atoms with Gasteiger partial charge in [0.2, 0.25) is 0 Å². The molecule has 0 unspecified atom stereocenters. The van der Waals surface area contributed by atoms with E-state index in [4.69, 9.17) is 16.3 Å². The molecule has 3 aliphatic heterocycles. The first kappa shape index (κ1) is 30.0. The molecule has 1 spiro atoms. The van der Waals surface area contributed by atoms with Gasteiger partial charge in [0.05, 0.1) is 22.9 Å². The van der Waals surface area contributed by atoms with Crippen molar-refractivity contribution in [1.29, 1.82) is 5.26 Å². The number of amides is 3. The van der Waals surface area contributed by atoms with Crippen molar-refractivity contribution in [3.05, 3.63) is 76.8 Å². The highest BCUT2D eigenvalue weighted by atomic mass is 35.5. The van der Waals surface area contributed by atoms with Crippen molar-refractivity contribution in [2.24, 2.45) is 0 Å². The zero-order chi connectivity index (χ0) is 30.8. The molecule has 3 fully saturated rings. The molecule has 3 amide bonds. The third kappa shape index (κ3) is 5.29. The van der Waals surface area contributed by atoms with Gasteiger partial charge in [-0.05, 0) is 81.0 Å². The lowest BCUT2D eigenvalue weighted by Crippen LogP contribution is -2.56. The maximum absolute atomic E-state index is 14.1. The number of halogens is 1. The molecule has 0 atom stereocenters. The van der Waals surface area contributed by atoms with Crippen LogP contribution in [0.1, 0.15) is 50.7 Å². The number of piperidine rings is 1. The molecule has 0 saturated carbocycles. The number of nitrogens with zero attached hydrogens (tertiary/aromatic N) is 5. The van der Waals surface area contributed by atoms with E-state index >= 15 is 0 Å². The molecular weight excluding hydrogens is 574 g/mol. The van der Waals surface area contributed by atoms with Crippen LogP contribution < -0.4 is 14.5 Å². The molecule has 3 heterocycles. The van der Waals surface area contributed by atoms with E-state index in [-0.39, 0.29) is 17.0 Å². The van der Waals surface area contributed by atoms with Gasteiger partial charge in [0.25, 0.3) is 5.91 Å². The van der Waals surface area contributed by atoms with Crippen LogP contribution in [0.5, 0.6) is 5.75 Å². The summed E-state index contributed by atoms with van der Waals surface area (Å²) in [5.74, 6) is 0.273. The van der Waals surface area contributed by atoms with Crippen LogP contribution in [0.3, 0.4) is 0 Å². The minimum Gasteiger partial charge on any atom is -0.492 e. The Bertz CT molecular complexity index is 1590. The number of carbonyl (C=O) groups excluding carboxylic acids is 2. The lowest BCUT2D eigenvalue weighted by Gasteiger charge is -2.41. The van der Waals surface area contributed by atoms with Crippen LogP contribution in [-0.2, 0) is 11.3 Å². The van der Waals surface area contributed by atoms with Gasteiger partial charge in [-0.25, -0.2) is 9.69 Å². The van der Waals surface area contributed by atoms with Crippen LogP contribution in [-0.4, -0.2) is 66.6 Å². The summed E-state index contributed by atoms with van der Waals surface area (Å²) in [6.07, 6.45) is 3.66. The number of hydrogen-bond acceptors (Lipinski definition) is 6. The Hall–Kier alpha value is -4.06. The molecule has 3 saturated heterocycles. The van der Waals surface area contributed by atoms with Crippen molar-refractivity contribution in [3.63, 3.8) is 0 Å². The molecule has 0 N–H and O–H groups in total. The molecule has 0 bridgehead atoms. The largest absolute Gasteiger partial charge is 0.492 e. The van der Waals surface area contributed by atoms with Gasteiger partial charge in [-0.15, -0.1) is 0 Å². The average Bonchev–Trinajstić information content (AvgIpc) is 3.65. The fraction of sp³-hybridized carbons (Fsp3) is 0.400. The molecule has 6 rings (SSSR count). The van der Waals surface area contributed by atoms with E-state index in [1.165, 1.54) is 29.0 Å². The number of ether oxygens (including phenoxy) is 1. The van der Waals surface area contributed by atoms with Crippen molar-refractivity contribution in [1.82, 2.24) is 9.80 Å². The van der Waals surface area contributed by atoms with Gasteiger partial charge in [-0.2, -0.15) is 5.26 Å². The molecule has 3 aromatic rings. The van der Waals surface area contributed by atoms with E-state index in [0.29, 0.717) is 43.0 Å². The Morgan fingerprint density at radius 1 is 0.955 bits per heavy atom. The lowest BCUT2D eigenvalue weighted by molar-refractivity contribution is -0.127. The minimum atomic E-state index is -0.882. The first-order valence-corrected chi connectivity index (χ1v) is 16.0. The van der Waals surface area contributed by atoms with Crippen molar-refractivity contribution >= 4 is 34.9 Å². The molecule has 9 heteroatoms. The molecule has 44 heavy (non-hydrogen) atoms. The topological polar surface area (TPSA) is 80.1 Å².